The first-order valence-electron chi connectivity index (χ1n) is 7.27. The molecule has 0 aliphatic carbocycles. The SMILES string of the molecule is CC(=O)Nc1ccc(-c2csc(NC(=O)[C@@H](N)C(C)C)n2)cc1. The lowest BCUT2D eigenvalue weighted by atomic mass is 10.1. The molecule has 7 heteroatoms. The molecule has 0 fully saturated rings. The van der Waals surface area contributed by atoms with Crippen molar-refractivity contribution in [2.24, 2.45) is 11.7 Å². The summed E-state index contributed by atoms with van der Waals surface area (Å²) in [5.41, 5.74) is 8.21. The van der Waals surface area contributed by atoms with Crippen LogP contribution in [-0.4, -0.2) is 22.8 Å². The molecule has 6 nitrogen and oxygen atoms in total. The van der Waals surface area contributed by atoms with Gasteiger partial charge in [0.25, 0.3) is 0 Å². The molecule has 2 amide bonds. The van der Waals surface area contributed by atoms with Crippen molar-refractivity contribution in [1.29, 1.82) is 0 Å². The second-order valence-electron chi connectivity index (χ2n) is 5.56. The van der Waals surface area contributed by atoms with Gasteiger partial charge in [0.1, 0.15) is 0 Å². The molecular weight excluding hydrogens is 312 g/mol. The maximum absolute atomic E-state index is 11.9. The quantitative estimate of drug-likeness (QED) is 0.784. The summed E-state index contributed by atoms with van der Waals surface area (Å²) >= 11 is 1.35. The number of nitrogens with zero attached hydrogens (tertiary/aromatic N) is 1. The zero-order valence-electron chi connectivity index (χ0n) is 13.3. The first-order chi connectivity index (χ1) is 10.9. The molecule has 2 rings (SSSR count). The normalized spacial score (nSPS) is 12.0. The summed E-state index contributed by atoms with van der Waals surface area (Å²) < 4.78 is 0. The van der Waals surface area contributed by atoms with Crippen molar-refractivity contribution in [3.05, 3.63) is 29.6 Å². The highest BCUT2D eigenvalue weighted by atomic mass is 32.1. The molecule has 4 N–H and O–H groups in total. The van der Waals surface area contributed by atoms with Gasteiger partial charge in [-0.05, 0) is 18.1 Å². The number of aromatic nitrogens is 1. The van der Waals surface area contributed by atoms with Crippen LogP contribution in [0.4, 0.5) is 10.8 Å². The monoisotopic (exact) mass is 332 g/mol. The average Bonchev–Trinajstić information content (AvgIpc) is 2.94. The lowest BCUT2D eigenvalue weighted by molar-refractivity contribution is -0.118. The van der Waals surface area contributed by atoms with Crippen molar-refractivity contribution in [2.45, 2.75) is 26.8 Å². The van der Waals surface area contributed by atoms with Crippen molar-refractivity contribution < 1.29 is 9.59 Å². The number of carbonyl (C=O) groups is 2. The van der Waals surface area contributed by atoms with E-state index < -0.39 is 6.04 Å². The highest BCUT2D eigenvalue weighted by Crippen LogP contribution is 2.26. The number of thiazole rings is 1. The van der Waals surface area contributed by atoms with Gasteiger partial charge in [0.2, 0.25) is 11.8 Å². The lowest BCUT2D eigenvalue weighted by Crippen LogP contribution is -2.39. The van der Waals surface area contributed by atoms with Crippen LogP contribution < -0.4 is 16.4 Å². The molecule has 1 atom stereocenters. The molecule has 0 saturated carbocycles. The van der Waals surface area contributed by atoms with E-state index in [9.17, 15) is 9.59 Å². The number of nitrogens with two attached hydrogens (primary N) is 1. The molecule has 1 aromatic carbocycles. The number of anilines is 2. The second-order valence-corrected chi connectivity index (χ2v) is 6.41. The zero-order chi connectivity index (χ0) is 17.0. The van der Waals surface area contributed by atoms with Crippen LogP contribution in [0.5, 0.6) is 0 Å². The Morgan fingerprint density at radius 1 is 1.17 bits per heavy atom. The number of hydrogen-bond acceptors (Lipinski definition) is 5. The standard InChI is InChI=1S/C16H20N4O2S/c1-9(2)14(17)15(22)20-16-19-13(8-23-16)11-4-6-12(7-5-11)18-10(3)21/h4-9,14H,17H2,1-3H3,(H,18,21)(H,19,20,22)/t14-/m0/s1. The summed E-state index contributed by atoms with van der Waals surface area (Å²) in [5, 5.41) is 7.83. The molecule has 0 spiro atoms. The number of nitrogens with one attached hydrogen (secondary N) is 2. The van der Waals surface area contributed by atoms with E-state index in [-0.39, 0.29) is 17.7 Å². The second kappa shape index (κ2) is 7.34. The number of hydrogen-bond donors (Lipinski definition) is 3. The van der Waals surface area contributed by atoms with E-state index in [1.54, 1.807) is 0 Å². The first kappa shape index (κ1) is 17.1. The lowest BCUT2D eigenvalue weighted by Gasteiger charge is -2.13. The van der Waals surface area contributed by atoms with Gasteiger partial charge in [-0.15, -0.1) is 11.3 Å². The number of carbonyl (C=O) groups excluding carboxylic acids is 2. The molecule has 0 saturated heterocycles. The van der Waals surface area contributed by atoms with E-state index in [1.165, 1.54) is 18.3 Å². The van der Waals surface area contributed by atoms with E-state index in [1.807, 2.05) is 43.5 Å². The fraction of sp³-hybridized carbons (Fsp3) is 0.312. The fourth-order valence-corrected chi connectivity index (χ4v) is 2.61. The van der Waals surface area contributed by atoms with Gasteiger partial charge in [0, 0.05) is 23.6 Å². The molecule has 0 aliphatic rings. The summed E-state index contributed by atoms with van der Waals surface area (Å²) in [5.74, 6) is -0.282. The van der Waals surface area contributed by atoms with Crippen LogP contribution in [0.2, 0.25) is 0 Å². The number of benzene rings is 1. The van der Waals surface area contributed by atoms with Crippen LogP contribution in [0.25, 0.3) is 11.3 Å². The van der Waals surface area contributed by atoms with Crippen molar-refractivity contribution in [3.63, 3.8) is 0 Å². The third-order valence-electron chi connectivity index (χ3n) is 3.26. The third-order valence-corrected chi connectivity index (χ3v) is 4.01. The summed E-state index contributed by atoms with van der Waals surface area (Å²) in [6.45, 7) is 5.26. The topological polar surface area (TPSA) is 97.1 Å². The summed E-state index contributed by atoms with van der Waals surface area (Å²) in [6.07, 6.45) is 0. The van der Waals surface area contributed by atoms with Gasteiger partial charge >= 0.3 is 0 Å². The number of amides is 2. The molecule has 0 radical (unpaired) electrons. The number of rotatable bonds is 5. The molecule has 1 heterocycles. The predicted molar refractivity (Wildman–Crippen MR) is 93.3 cm³/mol. The molecule has 0 bridgehead atoms. The van der Waals surface area contributed by atoms with Gasteiger partial charge in [-0.3, -0.25) is 9.59 Å². The predicted octanol–water partition coefficient (Wildman–Crippen LogP) is 2.69. The van der Waals surface area contributed by atoms with Gasteiger partial charge in [-0.2, -0.15) is 0 Å². The van der Waals surface area contributed by atoms with Gasteiger partial charge in [0.15, 0.2) is 5.13 Å². The van der Waals surface area contributed by atoms with E-state index in [2.05, 4.69) is 15.6 Å². The average molecular weight is 332 g/mol. The van der Waals surface area contributed by atoms with Crippen LogP contribution in [0.3, 0.4) is 0 Å². The minimum Gasteiger partial charge on any atom is -0.326 e. The summed E-state index contributed by atoms with van der Waals surface area (Å²) in [7, 11) is 0. The first-order valence-corrected chi connectivity index (χ1v) is 8.15. The van der Waals surface area contributed by atoms with Crippen LogP contribution in [0.15, 0.2) is 29.6 Å². The largest absolute Gasteiger partial charge is 0.326 e. The molecule has 0 unspecified atom stereocenters. The zero-order valence-corrected chi connectivity index (χ0v) is 14.1. The molecule has 1 aromatic heterocycles. The Bertz CT molecular complexity index is 694. The Morgan fingerprint density at radius 3 is 2.39 bits per heavy atom. The molecule has 122 valence electrons. The van der Waals surface area contributed by atoms with E-state index in [0.717, 1.165) is 16.9 Å². The Hall–Kier alpha value is -2.25. The highest BCUT2D eigenvalue weighted by molar-refractivity contribution is 7.14. The Morgan fingerprint density at radius 2 is 1.83 bits per heavy atom. The Balaban J connectivity index is 2.07. The van der Waals surface area contributed by atoms with Crippen molar-refractivity contribution in [1.82, 2.24) is 4.98 Å². The summed E-state index contributed by atoms with van der Waals surface area (Å²) in [4.78, 5) is 27.3. The van der Waals surface area contributed by atoms with Gasteiger partial charge in [-0.1, -0.05) is 26.0 Å². The Kier molecular flexibility index (Phi) is 5.46. The molecular formula is C16H20N4O2S. The van der Waals surface area contributed by atoms with E-state index in [4.69, 9.17) is 5.73 Å². The molecule has 23 heavy (non-hydrogen) atoms. The maximum atomic E-state index is 11.9. The highest BCUT2D eigenvalue weighted by Gasteiger charge is 2.18. The van der Waals surface area contributed by atoms with Crippen molar-refractivity contribution in [3.8, 4) is 11.3 Å². The van der Waals surface area contributed by atoms with E-state index >= 15 is 0 Å². The third kappa shape index (κ3) is 4.61. The van der Waals surface area contributed by atoms with Crippen LogP contribution in [-0.2, 0) is 9.59 Å². The smallest absolute Gasteiger partial charge is 0.243 e. The molecule has 2 aromatic rings. The van der Waals surface area contributed by atoms with E-state index in [0.29, 0.717) is 5.13 Å². The van der Waals surface area contributed by atoms with Crippen molar-refractivity contribution in [2.75, 3.05) is 10.6 Å². The summed E-state index contributed by atoms with van der Waals surface area (Å²) in [6, 6.07) is 6.79. The van der Waals surface area contributed by atoms with Crippen LogP contribution in [0.1, 0.15) is 20.8 Å². The Labute approximate surface area is 139 Å². The maximum Gasteiger partial charge on any atom is 0.243 e. The van der Waals surface area contributed by atoms with Crippen LogP contribution in [0, 0.1) is 5.92 Å². The van der Waals surface area contributed by atoms with Gasteiger partial charge in [0.05, 0.1) is 11.7 Å². The molecule has 0 aliphatic heterocycles. The van der Waals surface area contributed by atoms with Gasteiger partial charge < -0.3 is 16.4 Å². The van der Waals surface area contributed by atoms with Gasteiger partial charge in [-0.25, -0.2) is 4.98 Å². The minimum atomic E-state index is -0.556. The van der Waals surface area contributed by atoms with Crippen molar-refractivity contribution >= 4 is 34.0 Å². The van der Waals surface area contributed by atoms with Crippen LogP contribution >= 0.6 is 11.3 Å². The minimum absolute atomic E-state index is 0.0655. The fourth-order valence-electron chi connectivity index (χ4n) is 1.88.